The molecule has 1 aromatic heterocycles. The molecule has 0 atom stereocenters. The van der Waals surface area contributed by atoms with E-state index in [0.717, 1.165) is 22.6 Å². The molecule has 2 aromatic carbocycles. The predicted molar refractivity (Wildman–Crippen MR) is 84.8 cm³/mol. The molecular formula is C17H14ClN3. The standard InChI is InChI=1S/C17H14ClN3/c1-11-6-7-14(12(2)8-11)21-15-5-3-4-13(10-19)17(15)20-16(21)9-18/h3-8H,9H2,1-2H3. The molecule has 3 rings (SSSR count). The number of imidazole rings is 1. The molecule has 0 N–H and O–H groups in total. The highest BCUT2D eigenvalue weighted by molar-refractivity contribution is 6.17. The number of nitrogens with zero attached hydrogens (tertiary/aromatic N) is 3. The summed E-state index contributed by atoms with van der Waals surface area (Å²) in [6.07, 6.45) is 0. The van der Waals surface area contributed by atoms with Crippen LogP contribution in [0.4, 0.5) is 0 Å². The second-order valence-corrected chi connectivity index (χ2v) is 5.34. The van der Waals surface area contributed by atoms with Gasteiger partial charge in [-0.05, 0) is 37.6 Å². The molecule has 4 heteroatoms. The first-order valence-corrected chi connectivity index (χ1v) is 7.23. The van der Waals surface area contributed by atoms with Gasteiger partial charge in [0, 0.05) is 0 Å². The van der Waals surface area contributed by atoms with Crippen molar-refractivity contribution in [3.8, 4) is 11.8 Å². The fourth-order valence-electron chi connectivity index (χ4n) is 2.65. The summed E-state index contributed by atoms with van der Waals surface area (Å²) in [5.41, 5.74) is 5.61. The minimum atomic E-state index is 0.298. The molecule has 3 nitrogen and oxygen atoms in total. The summed E-state index contributed by atoms with van der Waals surface area (Å²) in [6, 6.07) is 14.1. The van der Waals surface area contributed by atoms with E-state index in [0.29, 0.717) is 17.0 Å². The van der Waals surface area contributed by atoms with Crippen LogP contribution in [0.5, 0.6) is 0 Å². The largest absolute Gasteiger partial charge is 0.295 e. The molecule has 0 radical (unpaired) electrons. The summed E-state index contributed by atoms with van der Waals surface area (Å²) in [5, 5.41) is 9.24. The van der Waals surface area contributed by atoms with Gasteiger partial charge in [-0.3, -0.25) is 4.57 Å². The third-order valence-electron chi connectivity index (χ3n) is 3.59. The summed E-state index contributed by atoms with van der Waals surface area (Å²) in [5.74, 6) is 1.05. The van der Waals surface area contributed by atoms with Crippen molar-refractivity contribution in [2.24, 2.45) is 0 Å². The maximum atomic E-state index is 9.24. The summed E-state index contributed by atoms with van der Waals surface area (Å²) >= 11 is 6.07. The number of hydrogen-bond acceptors (Lipinski definition) is 2. The zero-order valence-electron chi connectivity index (χ0n) is 11.9. The van der Waals surface area contributed by atoms with Crippen molar-refractivity contribution < 1.29 is 0 Å². The third-order valence-corrected chi connectivity index (χ3v) is 3.83. The topological polar surface area (TPSA) is 41.6 Å². The van der Waals surface area contributed by atoms with E-state index in [1.54, 1.807) is 6.07 Å². The lowest BCUT2D eigenvalue weighted by atomic mass is 10.1. The number of benzene rings is 2. The summed E-state index contributed by atoms with van der Waals surface area (Å²) in [7, 11) is 0. The average Bonchev–Trinajstić information content (AvgIpc) is 2.85. The van der Waals surface area contributed by atoms with Crippen molar-refractivity contribution in [1.82, 2.24) is 9.55 Å². The minimum Gasteiger partial charge on any atom is -0.295 e. The number of para-hydroxylation sites is 1. The monoisotopic (exact) mass is 295 g/mol. The summed E-state index contributed by atoms with van der Waals surface area (Å²) < 4.78 is 2.04. The van der Waals surface area contributed by atoms with Crippen LogP contribution in [-0.4, -0.2) is 9.55 Å². The maximum Gasteiger partial charge on any atom is 0.129 e. The highest BCUT2D eigenvalue weighted by Crippen LogP contribution is 2.27. The Morgan fingerprint density at radius 3 is 2.71 bits per heavy atom. The molecule has 0 bridgehead atoms. The van der Waals surface area contributed by atoms with Gasteiger partial charge in [-0.25, -0.2) is 4.98 Å². The van der Waals surface area contributed by atoms with Crippen LogP contribution in [0.15, 0.2) is 36.4 Å². The second-order valence-electron chi connectivity index (χ2n) is 5.07. The molecule has 1 heterocycles. The lowest BCUT2D eigenvalue weighted by molar-refractivity contribution is 0.971. The Labute approximate surface area is 128 Å². The second kappa shape index (κ2) is 5.23. The molecule has 0 unspecified atom stereocenters. The molecule has 104 valence electrons. The maximum absolute atomic E-state index is 9.24. The molecule has 0 amide bonds. The molecule has 3 aromatic rings. The summed E-state index contributed by atoms with van der Waals surface area (Å²) in [6.45, 7) is 4.14. The van der Waals surface area contributed by atoms with Crippen molar-refractivity contribution >= 4 is 22.6 Å². The number of nitriles is 1. The highest BCUT2D eigenvalue weighted by atomic mass is 35.5. The van der Waals surface area contributed by atoms with Crippen molar-refractivity contribution in [2.75, 3.05) is 0 Å². The van der Waals surface area contributed by atoms with E-state index in [2.05, 4.69) is 43.1 Å². The van der Waals surface area contributed by atoms with Gasteiger partial charge in [0.1, 0.15) is 17.4 Å². The first kappa shape index (κ1) is 13.7. The number of fused-ring (bicyclic) bond motifs is 1. The highest BCUT2D eigenvalue weighted by Gasteiger charge is 2.15. The van der Waals surface area contributed by atoms with E-state index in [1.165, 1.54) is 5.56 Å². The Kier molecular flexibility index (Phi) is 3.40. The Morgan fingerprint density at radius 2 is 2.05 bits per heavy atom. The van der Waals surface area contributed by atoms with Crippen molar-refractivity contribution in [1.29, 1.82) is 5.26 Å². The van der Waals surface area contributed by atoms with Gasteiger partial charge in [0.05, 0.1) is 22.6 Å². The quantitative estimate of drug-likeness (QED) is 0.663. The average molecular weight is 296 g/mol. The van der Waals surface area contributed by atoms with Crippen LogP contribution in [0.1, 0.15) is 22.5 Å². The van der Waals surface area contributed by atoms with Crippen molar-refractivity contribution in [3.05, 3.63) is 58.9 Å². The lowest BCUT2D eigenvalue weighted by Gasteiger charge is -2.11. The molecule has 0 saturated heterocycles. The molecular weight excluding hydrogens is 282 g/mol. The number of aromatic nitrogens is 2. The van der Waals surface area contributed by atoms with Crippen LogP contribution in [0.3, 0.4) is 0 Å². The summed E-state index contributed by atoms with van der Waals surface area (Å²) in [4.78, 5) is 4.55. The normalized spacial score (nSPS) is 10.8. The predicted octanol–water partition coefficient (Wildman–Crippen LogP) is 4.25. The van der Waals surface area contributed by atoms with Gasteiger partial charge >= 0.3 is 0 Å². The van der Waals surface area contributed by atoms with Gasteiger partial charge in [0.2, 0.25) is 0 Å². The van der Waals surface area contributed by atoms with Gasteiger partial charge in [-0.1, -0.05) is 23.8 Å². The van der Waals surface area contributed by atoms with Gasteiger partial charge < -0.3 is 0 Å². The first-order chi connectivity index (χ1) is 10.2. The smallest absolute Gasteiger partial charge is 0.129 e. The first-order valence-electron chi connectivity index (χ1n) is 6.69. The Morgan fingerprint density at radius 1 is 1.24 bits per heavy atom. The van der Waals surface area contributed by atoms with Crippen molar-refractivity contribution in [3.63, 3.8) is 0 Å². The molecule has 0 fully saturated rings. The number of rotatable bonds is 2. The van der Waals surface area contributed by atoms with Crippen LogP contribution < -0.4 is 0 Å². The van der Waals surface area contributed by atoms with E-state index in [9.17, 15) is 5.26 Å². The van der Waals surface area contributed by atoms with E-state index < -0.39 is 0 Å². The Hall–Kier alpha value is -2.31. The van der Waals surface area contributed by atoms with E-state index in [4.69, 9.17) is 11.6 Å². The van der Waals surface area contributed by atoms with E-state index in [1.807, 2.05) is 16.7 Å². The van der Waals surface area contributed by atoms with Crippen LogP contribution in [0.25, 0.3) is 16.7 Å². The van der Waals surface area contributed by atoms with Gasteiger partial charge in [-0.2, -0.15) is 5.26 Å². The fourth-order valence-corrected chi connectivity index (χ4v) is 2.83. The van der Waals surface area contributed by atoms with Gasteiger partial charge in [0.25, 0.3) is 0 Å². The van der Waals surface area contributed by atoms with Gasteiger partial charge in [-0.15, -0.1) is 11.6 Å². The molecule has 0 aliphatic carbocycles. The van der Waals surface area contributed by atoms with Crippen LogP contribution in [0.2, 0.25) is 0 Å². The third kappa shape index (κ3) is 2.18. The Bertz CT molecular complexity index is 872. The van der Waals surface area contributed by atoms with Crippen LogP contribution in [0, 0.1) is 25.2 Å². The van der Waals surface area contributed by atoms with E-state index >= 15 is 0 Å². The SMILES string of the molecule is Cc1ccc(-n2c(CCl)nc3c(C#N)cccc32)c(C)c1. The molecule has 0 spiro atoms. The van der Waals surface area contributed by atoms with Gasteiger partial charge in [0.15, 0.2) is 0 Å². The fraction of sp³-hybridized carbons (Fsp3) is 0.176. The number of hydrogen-bond donors (Lipinski definition) is 0. The Balaban J connectivity index is 2.39. The van der Waals surface area contributed by atoms with E-state index in [-0.39, 0.29) is 0 Å². The zero-order chi connectivity index (χ0) is 15.0. The number of alkyl halides is 1. The molecule has 21 heavy (non-hydrogen) atoms. The van der Waals surface area contributed by atoms with Crippen LogP contribution in [-0.2, 0) is 5.88 Å². The molecule has 0 aliphatic heterocycles. The number of halogens is 1. The van der Waals surface area contributed by atoms with Crippen molar-refractivity contribution in [2.45, 2.75) is 19.7 Å². The molecule has 0 aliphatic rings. The lowest BCUT2D eigenvalue weighted by Crippen LogP contribution is -2.01. The zero-order valence-corrected chi connectivity index (χ0v) is 12.6. The van der Waals surface area contributed by atoms with Crippen LogP contribution >= 0.6 is 11.6 Å². The minimum absolute atomic E-state index is 0.298. The number of aryl methyl sites for hydroxylation is 2. The molecule has 0 saturated carbocycles.